The Balaban J connectivity index is 1.61. The van der Waals surface area contributed by atoms with Gasteiger partial charge in [-0.2, -0.15) is 0 Å². The van der Waals surface area contributed by atoms with Crippen LogP contribution in [0.1, 0.15) is 65.3 Å². The molecule has 2 aromatic carbocycles. The molecule has 0 aliphatic heterocycles. The first kappa shape index (κ1) is 24.0. The first-order valence-corrected chi connectivity index (χ1v) is 11.1. The largest absolute Gasteiger partial charge is 0.478 e. The number of amides is 1. The van der Waals surface area contributed by atoms with Gasteiger partial charge in [-0.05, 0) is 56.2 Å². The van der Waals surface area contributed by atoms with Gasteiger partial charge < -0.3 is 20.9 Å². The number of hydrogen-bond acceptors (Lipinski definition) is 5. The maximum absolute atomic E-state index is 12.7. The van der Waals surface area contributed by atoms with Crippen LogP contribution in [0.4, 0.5) is 0 Å². The molecule has 8 heteroatoms. The third kappa shape index (κ3) is 6.19. The number of carboxylic acids is 1. The number of ketones is 1. The van der Waals surface area contributed by atoms with Crippen molar-refractivity contribution >= 4 is 23.5 Å². The van der Waals surface area contributed by atoms with Crippen molar-refractivity contribution in [3.8, 4) is 5.75 Å². The number of nitrogen functional groups attached to an aromatic ring is 1. The highest BCUT2D eigenvalue weighted by atomic mass is 16.5. The highest BCUT2D eigenvalue weighted by Gasteiger charge is 2.31. The number of amidine groups is 1. The van der Waals surface area contributed by atoms with E-state index in [0.717, 1.165) is 32.1 Å². The molecule has 0 heterocycles. The average Bonchev–Trinajstić information content (AvgIpc) is 2.82. The van der Waals surface area contributed by atoms with Gasteiger partial charge in [0.25, 0.3) is 5.91 Å². The molecule has 8 nitrogen and oxygen atoms in total. The van der Waals surface area contributed by atoms with Gasteiger partial charge in [0.15, 0.2) is 11.9 Å². The Morgan fingerprint density at radius 2 is 1.52 bits per heavy atom. The van der Waals surface area contributed by atoms with Crippen LogP contribution in [0.2, 0.25) is 0 Å². The number of carboxylic acid groups (broad SMARTS) is 1. The van der Waals surface area contributed by atoms with Gasteiger partial charge in [0.1, 0.15) is 11.6 Å². The van der Waals surface area contributed by atoms with Crippen molar-refractivity contribution in [3.63, 3.8) is 0 Å². The normalized spacial score (nSPS) is 15.8. The van der Waals surface area contributed by atoms with E-state index < -0.39 is 24.0 Å². The summed E-state index contributed by atoms with van der Waals surface area (Å²) in [6, 6.07) is 11.8. The lowest BCUT2D eigenvalue weighted by Crippen LogP contribution is -2.38. The number of carbonyl (C=O) groups is 3. The van der Waals surface area contributed by atoms with Crippen LogP contribution >= 0.6 is 0 Å². The quantitative estimate of drug-likeness (QED) is 0.261. The van der Waals surface area contributed by atoms with Gasteiger partial charge >= 0.3 is 5.97 Å². The number of benzene rings is 2. The Labute approximate surface area is 192 Å². The summed E-state index contributed by atoms with van der Waals surface area (Å²) in [5, 5.41) is 19.6. The topological polar surface area (TPSA) is 143 Å². The zero-order valence-corrected chi connectivity index (χ0v) is 18.5. The first-order valence-electron chi connectivity index (χ1n) is 11.1. The molecule has 3 rings (SSSR count). The lowest BCUT2D eigenvalue weighted by Gasteiger charge is -2.27. The lowest BCUT2D eigenvalue weighted by molar-refractivity contribution is -0.148. The third-order valence-electron chi connectivity index (χ3n) is 5.92. The highest BCUT2D eigenvalue weighted by molar-refractivity contribution is 6.04. The Morgan fingerprint density at radius 3 is 2.06 bits per heavy atom. The molecule has 5 N–H and O–H groups in total. The summed E-state index contributed by atoms with van der Waals surface area (Å²) in [6.45, 7) is 1.60. The van der Waals surface area contributed by atoms with E-state index in [1.165, 1.54) is 0 Å². The fourth-order valence-electron chi connectivity index (χ4n) is 4.03. The van der Waals surface area contributed by atoms with E-state index in [0.29, 0.717) is 22.4 Å². The third-order valence-corrected chi connectivity index (χ3v) is 5.92. The summed E-state index contributed by atoms with van der Waals surface area (Å²) in [5.41, 5.74) is 6.65. The minimum absolute atomic E-state index is 0.0164. The van der Waals surface area contributed by atoms with Crippen LogP contribution in [0.15, 0.2) is 48.5 Å². The van der Waals surface area contributed by atoms with Crippen LogP contribution in [0.5, 0.6) is 5.75 Å². The van der Waals surface area contributed by atoms with Crippen LogP contribution in [0, 0.1) is 11.3 Å². The summed E-state index contributed by atoms with van der Waals surface area (Å²) in [5.74, 6) is -1.38. The van der Waals surface area contributed by atoms with Crippen molar-refractivity contribution in [2.75, 3.05) is 0 Å². The number of ether oxygens (including phenoxy) is 1. The highest BCUT2D eigenvalue weighted by Crippen LogP contribution is 2.29. The number of hydrogen-bond donors (Lipinski definition) is 4. The van der Waals surface area contributed by atoms with Crippen molar-refractivity contribution < 1.29 is 24.2 Å². The molecule has 1 aliphatic rings. The zero-order valence-electron chi connectivity index (χ0n) is 18.5. The number of nitrogens with one attached hydrogen (secondary N) is 2. The Bertz CT molecular complexity index is 1010. The van der Waals surface area contributed by atoms with Crippen LogP contribution in [0.25, 0.3) is 0 Å². The van der Waals surface area contributed by atoms with Gasteiger partial charge in [-0.3, -0.25) is 15.0 Å². The number of nitrogens with two attached hydrogens (primary N) is 1. The van der Waals surface area contributed by atoms with Crippen molar-refractivity contribution in [1.82, 2.24) is 5.32 Å². The smallest absolute Gasteiger partial charge is 0.345 e. The van der Waals surface area contributed by atoms with Crippen LogP contribution in [0.3, 0.4) is 0 Å². The van der Waals surface area contributed by atoms with E-state index in [2.05, 4.69) is 5.32 Å². The van der Waals surface area contributed by atoms with E-state index >= 15 is 0 Å². The predicted molar refractivity (Wildman–Crippen MR) is 124 cm³/mol. The molecule has 0 bridgehead atoms. The van der Waals surface area contributed by atoms with Gasteiger partial charge in [0.05, 0.1) is 6.04 Å². The fourth-order valence-corrected chi connectivity index (χ4v) is 4.03. The second kappa shape index (κ2) is 10.8. The molecular formula is C25H29N3O5. The molecule has 1 fully saturated rings. The molecule has 1 unspecified atom stereocenters. The predicted octanol–water partition coefficient (Wildman–Crippen LogP) is 3.38. The van der Waals surface area contributed by atoms with Crippen molar-refractivity contribution in [3.05, 3.63) is 65.2 Å². The molecule has 0 aromatic heterocycles. The SMILES string of the molecule is CC(NC(=O)c1ccc(C(=N)N)cc1)C(=O)c1ccc(O[C@H](C(=O)O)C2CCCCC2)cc1. The molecule has 1 aliphatic carbocycles. The van der Waals surface area contributed by atoms with E-state index in [-0.39, 0.29) is 17.5 Å². The van der Waals surface area contributed by atoms with Gasteiger partial charge in [0, 0.05) is 22.6 Å². The summed E-state index contributed by atoms with van der Waals surface area (Å²) >= 11 is 0. The summed E-state index contributed by atoms with van der Waals surface area (Å²) < 4.78 is 5.75. The van der Waals surface area contributed by atoms with Crippen molar-refractivity contribution in [2.45, 2.75) is 51.2 Å². The van der Waals surface area contributed by atoms with E-state index in [4.69, 9.17) is 15.9 Å². The van der Waals surface area contributed by atoms with Crippen LogP contribution in [-0.4, -0.2) is 40.7 Å². The van der Waals surface area contributed by atoms with Gasteiger partial charge in [0.2, 0.25) is 0 Å². The molecule has 1 amide bonds. The maximum atomic E-state index is 12.7. The number of carbonyl (C=O) groups excluding carboxylic acids is 2. The lowest BCUT2D eigenvalue weighted by atomic mass is 9.85. The van der Waals surface area contributed by atoms with E-state index in [1.807, 2.05) is 0 Å². The second-order valence-corrected chi connectivity index (χ2v) is 8.35. The molecule has 0 radical (unpaired) electrons. The minimum Gasteiger partial charge on any atom is -0.478 e. The number of rotatable bonds is 9. The Kier molecular flexibility index (Phi) is 7.82. The maximum Gasteiger partial charge on any atom is 0.345 e. The summed E-state index contributed by atoms with van der Waals surface area (Å²) in [4.78, 5) is 36.9. The average molecular weight is 452 g/mol. The fraction of sp³-hybridized carbons (Fsp3) is 0.360. The molecule has 1 saturated carbocycles. The number of aliphatic carboxylic acids is 1. The van der Waals surface area contributed by atoms with Crippen molar-refractivity contribution in [1.29, 1.82) is 5.41 Å². The van der Waals surface area contributed by atoms with Crippen molar-refractivity contribution in [2.24, 2.45) is 11.7 Å². The zero-order chi connectivity index (χ0) is 24.0. The summed E-state index contributed by atoms with van der Waals surface area (Å²) in [7, 11) is 0. The minimum atomic E-state index is -0.977. The Hall–Kier alpha value is -3.68. The van der Waals surface area contributed by atoms with Gasteiger partial charge in [-0.1, -0.05) is 31.4 Å². The van der Waals surface area contributed by atoms with Gasteiger partial charge in [-0.15, -0.1) is 0 Å². The van der Waals surface area contributed by atoms with E-state index in [1.54, 1.807) is 55.5 Å². The van der Waals surface area contributed by atoms with Gasteiger partial charge in [-0.25, -0.2) is 4.79 Å². The molecule has 2 atom stereocenters. The first-order chi connectivity index (χ1) is 15.8. The van der Waals surface area contributed by atoms with E-state index in [9.17, 15) is 19.5 Å². The van der Waals surface area contributed by atoms with Crippen LogP contribution in [-0.2, 0) is 4.79 Å². The summed E-state index contributed by atoms with van der Waals surface area (Å²) in [6.07, 6.45) is 3.91. The molecule has 2 aromatic rings. The molecule has 0 saturated heterocycles. The monoisotopic (exact) mass is 451 g/mol. The Morgan fingerprint density at radius 1 is 0.970 bits per heavy atom. The standard InChI is InChI=1S/C25H29N3O5/c1-15(28-24(30)19-9-7-18(8-10-19)23(26)27)21(29)16-11-13-20(14-12-16)33-22(25(31)32)17-5-3-2-4-6-17/h7-15,17,22H,2-6H2,1H3,(H3,26,27)(H,28,30)(H,31,32)/t15?,22-/m0/s1. The molecular weight excluding hydrogens is 422 g/mol. The number of Topliss-reactive ketones (excluding diaryl/α,β-unsaturated/α-hetero) is 1. The molecule has 174 valence electrons. The molecule has 33 heavy (non-hydrogen) atoms. The molecule has 0 spiro atoms. The van der Waals surface area contributed by atoms with Crippen LogP contribution < -0.4 is 15.8 Å². The second-order valence-electron chi connectivity index (χ2n) is 8.35.